The lowest BCUT2D eigenvalue weighted by atomic mass is 9.97. The molecule has 148 valence electrons. The zero-order valence-electron chi connectivity index (χ0n) is 16.0. The van der Waals surface area contributed by atoms with E-state index in [0.717, 1.165) is 58.2 Å². The smallest absolute Gasteiger partial charge is 0.310 e. The molecule has 0 fully saturated rings. The fraction of sp³-hybridized carbons (Fsp3) is 0.318. The number of nitrogens with one attached hydrogen (secondary N) is 1. The summed E-state index contributed by atoms with van der Waals surface area (Å²) in [7, 11) is 0. The van der Waals surface area contributed by atoms with E-state index in [4.69, 9.17) is 9.15 Å². The van der Waals surface area contributed by atoms with E-state index in [1.165, 1.54) is 4.88 Å². The lowest BCUT2D eigenvalue weighted by Gasteiger charge is -2.09. The molecule has 0 bridgehead atoms. The van der Waals surface area contributed by atoms with Crippen LogP contribution in [0.1, 0.15) is 40.2 Å². The van der Waals surface area contributed by atoms with Gasteiger partial charge in [0.15, 0.2) is 0 Å². The summed E-state index contributed by atoms with van der Waals surface area (Å²) >= 11 is 1.58. The summed E-state index contributed by atoms with van der Waals surface area (Å²) in [4.78, 5) is 34.2. The molecule has 1 aromatic carbocycles. The first-order valence-electron chi connectivity index (χ1n) is 9.74. The SMILES string of the molecule is Cc1ccc2c(CC(=O)OCc3nc4sc5c(c4c(=O)[nH]3)CCCC5)coc2c1. The molecule has 0 amide bonds. The molecule has 0 saturated carbocycles. The standard InChI is InChI=1S/C22H20N2O4S/c1-12-6-7-14-13(10-27-16(14)8-12)9-19(25)28-11-18-23-21(26)20-15-4-2-3-5-17(15)29-22(20)24-18/h6-8,10H,2-5,9,11H2,1H3,(H,23,24,26). The number of aryl methyl sites for hydroxylation is 3. The number of carbonyl (C=O) groups excluding carboxylic acids is 1. The Hall–Kier alpha value is -2.93. The molecular formula is C22H20N2O4S. The molecule has 4 aromatic rings. The molecule has 7 heteroatoms. The first kappa shape index (κ1) is 18.1. The monoisotopic (exact) mass is 408 g/mol. The number of benzene rings is 1. The highest BCUT2D eigenvalue weighted by Crippen LogP contribution is 2.33. The van der Waals surface area contributed by atoms with Crippen LogP contribution in [-0.4, -0.2) is 15.9 Å². The van der Waals surface area contributed by atoms with Gasteiger partial charge in [-0.3, -0.25) is 9.59 Å². The lowest BCUT2D eigenvalue weighted by Crippen LogP contribution is -2.15. The molecule has 1 N–H and O–H groups in total. The van der Waals surface area contributed by atoms with Gasteiger partial charge in [0.05, 0.1) is 18.1 Å². The maximum absolute atomic E-state index is 12.6. The van der Waals surface area contributed by atoms with Gasteiger partial charge in [0.1, 0.15) is 22.8 Å². The van der Waals surface area contributed by atoms with Crippen LogP contribution in [0.3, 0.4) is 0 Å². The summed E-state index contributed by atoms with van der Waals surface area (Å²) in [6.45, 7) is 1.94. The van der Waals surface area contributed by atoms with Crippen molar-refractivity contribution in [3.8, 4) is 0 Å². The molecule has 3 aromatic heterocycles. The fourth-order valence-corrected chi connectivity index (χ4v) is 5.24. The fourth-order valence-electron chi connectivity index (χ4n) is 3.96. The van der Waals surface area contributed by atoms with Crippen LogP contribution >= 0.6 is 11.3 Å². The number of nitrogens with zero attached hydrogens (tertiary/aromatic N) is 1. The Morgan fingerprint density at radius 1 is 1.31 bits per heavy atom. The van der Waals surface area contributed by atoms with Crippen LogP contribution in [0.5, 0.6) is 0 Å². The molecule has 6 nitrogen and oxygen atoms in total. The van der Waals surface area contributed by atoms with E-state index in [-0.39, 0.29) is 24.6 Å². The number of rotatable bonds is 4. The summed E-state index contributed by atoms with van der Waals surface area (Å²) in [5, 5.41) is 1.62. The maximum Gasteiger partial charge on any atom is 0.310 e. The van der Waals surface area contributed by atoms with Crippen LogP contribution in [0, 0.1) is 6.92 Å². The molecule has 1 aliphatic carbocycles. The van der Waals surface area contributed by atoms with Crippen LogP contribution in [0.15, 0.2) is 33.7 Å². The number of aromatic amines is 1. The lowest BCUT2D eigenvalue weighted by molar-refractivity contribution is -0.144. The maximum atomic E-state index is 12.6. The first-order valence-corrected chi connectivity index (χ1v) is 10.6. The minimum absolute atomic E-state index is 0.0541. The van der Waals surface area contributed by atoms with Crippen LogP contribution in [0.4, 0.5) is 0 Å². The van der Waals surface area contributed by atoms with Crippen LogP contribution in [0.2, 0.25) is 0 Å². The van der Waals surface area contributed by atoms with Crippen molar-refractivity contribution in [3.05, 3.63) is 62.2 Å². The number of hydrogen-bond acceptors (Lipinski definition) is 6. The number of thiophene rings is 1. The zero-order chi connectivity index (χ0) is 20.0. The third-order valence-corrected chi connectivity index (χ3v) is 6.58. The van der Waals surface area contributed by atoms with E-state index in [0.29, 0.717) is 11.2 Å². The van der Waals surface area contributed by atoms with Gasteiger partial charge >= 0.3 is 5.97 Å². The van der Waals surface area contributed by atoms with E-state index in [1.54, 1.807) is 17.6 Å². The van der Waals surface area contributed by atoms with Crippen molar-refractivity contribution >= 4 is 38.5 Å². The molecule has 1 aliphatic rings. The van der Waals surface area contributed by atoms with E-state index < -0.39 is 0 Å². The Balaban J connectivity index is 1.32. The second-order valence-corrected chi connectivity index (χ2v) is 8.59. The second kappa shape index (κ2) is 7.15. The van der Waals surface area contributed by atoms with Gasteiger partial charge < -0.3 is 14.1 Å². The van der Waals surface area contributed by atoms with Gasteiger partial charge in [-0.15, -0.1) is 11.3 Å². The number of H-pyrrole nitrogens is 1. The van der Waals surface area contributed by atoms with Crippen molar-refractivity contribution in [3.63, 3.8) is 0 Å². The van der Waals surface area contributed by atoms with Gasteiger partial charge in [-0.2, -0.15) is 0 Å². The molecule has 5 rings (SSSR count). The summed E-state index contributed by atoms with van der Waals surface area (Å²) in [5.74, 6) is -0.0105. The highest BCUT2D eigenvalue weighted by Gasteiger charge is 2.20. The molecule has 3 heterocycles. The number of carbonyl (C=O) groups is 1. The Morgan fingerprint density at radius 3 is 3.07 bits per heavy atom. The number of hydrogen-bond donors (Lipinski definition) is 1. The molecule has 0 spiro atoms. The highest BCUT2D eigenvalue weighted by atomic mass is 32.1. The number of furan rings is 1. The Labute approximate surface area is 170 Å². The third-order valence-electron chi connectivity index (χ3n) is 5.39. The number of aromatic nitrogens is 2. The van der Waals surface area contributed by atoms with Crippen molar-refractivity contribution in [1.82, 2.24) is 9.97 Å². The van der Waals surface area contributed by atoms with Crippen molar-refractivity contribution < 1.29 is 13.9 Å². The molecule has 0 saturated heterocycles. The van der Waals surface area contributed by atoms with E-state index in [2.05, 4.69) is 9.97 Å². The van der Waals surface area contributed by atoms with Gasteiger partial charge in [-0.05, 0) is 49.8 Å². The van der Waals surface area contributed by atoms with Crippen molar-refractivity contribution in [2.24, 2.45) is 0 Å². The average molecular weight is 408 g/mol. The quantitative estimate of drug-likeness (QED) is 0.512. The summed E-state index contributed by atoms with van der Waals surface area (Å²) < 4.78 is 10.9. The van der Waals surface area contributed by atoms with Crippen molar-refractivity contribution in [2.45, 2.75) is 45.6 Å². The number of esters is 1. The predicted molar refractivity (Wildman–Crippen MR) is 111 cm³/mol. The molecule has 0 atom stereocenters. The van der Waals surface area contributed by atoms with Gasteiger partial charge in [-0.25, -0.2) is 4.98 Å². The van der Waals surface area contributed by atoms with Crippen LogP contribution in [-0.2, 0) is 35.4 Å². The molecule has 0 unspecified atom stereocenters. The molecule has 0 aliphatic heterocycles. The minimum atomic E-state index is -0.388. The van der Waals surface area contributed by atoms with E-state index in [9.17, 15) is 9.59 Å². The van der Waals surface area contributed by atoms with E-state index >= 15 is 0 Å². The minimum Gasteiger partial charge on any atom is -0.464 e. The Kier molecular flexibility index (Phi) is 4.47. The average Bonchev–Trinajstić information content (AvgIpc) is 3.27. The normalized spacial score (nSPS) is 13.7. The molecule has 29 heavy (non-hydrogen) atoms. The summed E-state index contributed by atoms with van der Waals surface area (Å²) in [6.07, 6.45) is 5.92. The van der Waals surface area contributed by atoms with Gasteiger partial charge in [0.25, 0.3) is 5.56 Å². The topological polar surface area (TPSA) is 85.2 Å². The molecule has 0 radical (unpaired) electrons. The second-order valence-electron chi connectivity index (χ2n) is 7.50. The van der Waals surface area contributed by atoms with E-state index in [1.807, 2.05) is 25.1 Å². The summed E-state index contributed by atoms with van der Waals surface area (Å²) in [6, 6.07) is 5.87. The predicted octanol–water partition coefficient (Wildman–Crippen LogP) is 4.20. The van der Waals surface area contributed by atoms with Gasteiger partial charge in [0.2, 0.25) is 0 Å². The van der Waals surface area contributed by atoms with Crippen LogP contribution in [0.25, 0.3) is 21.2 Å². The Bertz CT molecular complexity index is 1300. The van der Waals surface area contributed by atoms with Crippen molar-refractivity contribution in [1.29, 1.82) is 0 Å². The number of ether oxygens (including phenoxy) is 1. The van der Waals surface area contributed by atoms with Gasteiger partial charge in [0, 0.05) is 15.8 Å². The number of fused-ring (bicyclic) bond motifs is 4. The third kappa shape index (κ3) is 3.35. The van der Waals surface area contributed by atoms with Gasteiger partial charge in [-0.1, -0.05) is 12.1 Å². The first-order chi connectivity index (χ1) is 14.1. The highest BCUT2D eigenvalue weighted by molar-refractivity contribution is 7.18. The van der Waals surface area contributed by atoms with Crippen molar-refractivity contribution in [2.75, 3.05) is 0 Å². The molecular weight excluding hydrogens is 388 g/mol. The largest absolute Gasteiger partial charge is 0.464 e. The zero-order valence-corrected chi connectivity index (χ0v) is 16.9. The Morgan fingerprint density at radius 2 is 2.17 bits per heavy atom. The van der Waals surface area contributed by atoms with Crippen LogP contribution < -0.4 is 5.56 Å². The summed E-state index contributed by atoms with van der Waals surface area (Å²) in [5.41, 5.74) is 3.65.